The first-order chi connectivity index (χ1) is 14.3. The van der Waals surface area contributed by atoms with Gasteiger partial charge in [0.1, 0.15) is 13.1 Å². The Balaban J connectivity index is 1.65. The van der Waals surface area contributed by atoms with Gasteiger partial charge in [0.15, 0.2) is 0 Å². The lowest BCUT2D eigenvalue weighted by Gasteiger charge is -2.38. The van der Waals surface area contributed by atoms with Crippen LogP contribution in [-0.2, 0) is 25.4 Å². The third kappa shape index (κ3) is 2.68. The summed E-state index contributed by atoms with van der Waals surface area (Å²) >= 11 is 6.33. The van der Waals surface area contributed by atoms with Crippen LogP contribution in [0.4, 0.5) is 0 Å². The average molecular weight is 425 g/mol. The van der Waals surface area contributed by atoms with Crippen LogP contribution in [0.25, 0.3) is 5.70 Å². The second-order valence-electron chi connectivity index (χ2n) is 8.08. The van der Waals surface area contributed by atoms with Crippen LogP contribution in [0.2, 0.25) is 5.02 Å². The lowest BCUT2D eigenvalue weighted by molar-refractivity contribution is -0.791. The van der Waals surface area contributed by atoms with Crippen LogP contribution >= 0.6 is 11.6 Å². The fourth-order valence-electron chi connectivity index (χ4n) is 4.50. The van der Waals surface area contributed by atoms with Crippen LogP contribution in [0.15, 0.2) is 54.5 Å². The normalized spacial score (nSPS) is 28.5. The van der Waals surface area contributed by atoms with Crippen molar-refractivity contribution in [3.8, 4) is 0 Å². The highest BCUT2D eigenvalue weighted by atomic mass is 35.5. The zero-order chi connectivity index (χ0) is 21.1. The fraction of sp³-hybridized carbons (Fsp3) is 0.190. The molecule has 0 N–H and O–H groups in total. The molecule has 0 aliphatic carbocycles. The van der Waals surface area contributed by atoms with Gasteiger partial charge in [0.2, 0.25) is 0 Å². The number of halogens is 1. The van der Waals surface area contributed by atoms with Gasteiger partial charge in [0.25, 0.3) is 5.91 Å². The number of amides is 1. The number of carbonyl (C=O) groups excluding carboxylic acids is 3. The van der Waals surface area contributed by atoms with E-state index in [2.05, 4.69) is 0 Å². The largest absolute Gasteiger partial charge is 0.609 e. The molecular weight excluding hydrogens is 407 g/mol. The Hall–Kier alpha value is -3.10. The maximum absolute atomic E-state index is 13.2. The van der Waals surface area contributed by atoms with E-state index in [-0.39, 0.29) is 29.9 Å². The third-order valence-corrected chi connectivity index (χ3v) is 6.44. The monoisotopic (exact) mass is 424 g/mol. The van der Waals surface area contributed by atoms with Crippen LogP contribution < -0.4 is 0 Å². The molecule has 9 heteroatoms. The van der Waals surface area contributed by atoms with Crippen molar-refractivity contribution in [1.82, 2.24) is 4.90 Å². The Bertz CT molecular complexity index is 1130. The molecule has 2 aromatic rings. The van der Waals surface area contributed by atoms with Crippen molar-refractivity contribution in [2.24, 2.45) is 0 Å². The SMILES string of the molecule is C[N+]12CC(=O)O[B-]1(/C=C1\c3ccccc3C(=O)N1Cc1ccccc1Cl)OC(=O)C2. The van der Waals surface area contributed by atoms with E-state index in [0.717, 1.165) is 5.56 Å². The van der Waals surface area contributed by atoms with Gasteiger partial charge in [-0.1, -0.05) is 54.0 Å². The summed E-state index contributed by atoms with van der Waals surface area (Å²) < 4.78 is 11.2. The minimum absolute atomic E-state index is 0.0114. The number of likely N-dealkylation sites (N-methyl/N-ethyl adjacent to an activating group) is 1. The summed E-state index contributed by atoms with van der Waals surface area (Å²) in [5.41, 5.74) is 2.55. The van der Waals surface area contributed by atoms with Crippen molar-refractivity contribution in [2.45, 2.75) is 6.54 Å². The zero-order valence-electron chi connectivity index (χ0n) is 16.2. The molecule has 2 saturated heterocycles. The minimum atomic E-state index is -2.42. The molecular formula is C21H18BClN2O5. The van der Waals surface area contributed by atoms with Crippen molar-refractivity contribution in [2.75, 3.05) is 20.1 Å². The predicted octanol–water partition coefficient (Wildman–Crippen LogP) is 2.38. The van der Waals surface area contributed by atoms with Crippen LogP contribution in [0.5, 0.6) is 0 Å². The molecule has 3 aliphatic rings. The fourth-order valence-corrected chi connectivity index (χ4v) is 4.70. The number of nitrogens with zero attached hydrogens (tertiary/aromatic N) is 2. The summed E-state index contributed by atoms with van der Waals surface area (Å²) in [6, 6.07) is 14.5. The number of hydrogen-bond donors (Lipinski definition) is 0. The molecule has 0 atom stereocenters. The lowest BCUT2D eigenvalue weighted by Crippen LogP contribution is -2.59. The highest BCUT2D eigenvalue weighted by Gasteiger charge is 2.64. The Morgan fingerprint density at radius 3 is 2.27 bits per heavy atom. The van der Waals surface area contributed by atoms with Gasteiger partial charge in [-0.15, -0.1) is 0 Å². The molecule has 7 nitrogen and oxygen atoms in total. The highest BCUT2D eigenvalue weighted by molar-refractivity contribution is 6.72. The Labute approximate surface area is 178 Å². The third-order valence-electron chi connectivity index (χ3n) is 6.07. The van der Waals surface area contributed by atoms with Gasteiger partial charge >= 0.3 is 18.6 Å². The van der Waals surface area contributed by atoms with E-state index in [1.54, 1.807) is 36.1 Å². The van der Waals surface area contributed by atoms with Gasteiger partial charge in [0.05, 0.1) is 6.54 Å². The molecule has 2 aromatic carbocycles. The number of quaternary nitrogens is 1. The van der Waals surface area contributed by atoms with Gasteiger partial charge in [-0.3, -0.25) is 14.4 Å². The topological polar surface area (TPSA) is 72.9 Å². The average Bonchev–Trinajstić information content (AvgIpc) is 3.18. The summed E-state index contributed by atoms with van der Waals surface area (Å²) in [5, 5.41) is 0.546. The van der Waals surface area contributed by atoms with Gasteiger partial charge in [-0.05, 0) is 17.7 Å². The molecule has 0 saturated carbocycles. The predicted molar refractivity (Wildman–Crippen MR) is 110 cm³/mol. The highest BCUT2D eigenvalue weighted by Crippen LogP contribution is 2.41. The van der Waals surface area contributed by atoms with Crippen molar-refractivity contribution in [1.29, 1.82) is 0 Å². The van der Waals surface area contributed by atoms with Crippen LogP contribution in [0, 0.1) is 0 Å². The molecule has 2 fully saturated rings. The van der Waals surface area contributed by atoms with E-state index in [9.17, 15) is 14.4 Å². The Morgan fingerprint density at radius 1 is 1.00 bits per heavy atom. The molecule has 152 valence electrons. The summed E-state index contributed by atoms with van der Waals surface area (Å²) in [4.78, 5) is 39.1. The number of benzene rings is 2. The molecule has 0 bridgehead atoms. The standard InChI is InChI=1S/C21H18BClN2O5/c1-25-12-19(26)29-22(25,30-20(27)13-25)10-18-15-7-3-4-8-16(15)21(28)24(18)11-14-6-2-5-9-17(14)23/h2-10H,11-13H2,1H3/b18-10+. The maximum Gasteiger partial charge on any atom is 0.609 e. The quantitative estimate of drug-likeness (QED) is 0.708. The molecule has 0 radical (unpaired) electrons. The van der Waals surface area contributed by atoms with Crippen molar-refractivity contribution >= 4 is 41.8 Å². The number of rotatable bonds is 3. The van der Waals surface area contributed by atoms with Gasteiger partial charge < -0.3 is 18.6 Å². The summed E-state index contributed by atoms with van der Waals surface area (Å²) in [7, 11) is 1.76. The molecule has 5 rings (SSSR count). The molecule has 0 spiro atoms. The van der Waals surface area contributed by atoms with Crippen LogP contribution in [0.1, 0.15) is 21.5 Å². The van der Waals surface area contributed by atoms with Crippen molar-refractivity contribution in [3.63, 3.8) is 0 Å². The van der Waals surface area contributed by atoms with Crippen LogP contribution in [-0.4, -0.2) is 54.0 Å². The first-order valence-corrected chi connectivity index (χ1v) is 10.00. The van der Waals surface area contributed by atoms with E-state index in [1.807, 2.05) is 30.3 Å². The maximum atomic E-state index is 13.2. The zero-order valence-corrected chi connectivity index (χ0v) is 17.0. The van der Waals surface area contributed by atoms with E-state index in [1.165, 1.54) is 0 Å². The number of carbonyl (C=O) groups is 3. The Kier molecular flexibility index (Phi) is 4.07. The first kappa shape index (κ1) is 18.9. The van der Waals surface area contributed by atoms with E-state index < -0.39 is 18.6 Å². The van der Waals surface area contributed by atoms with Gasteiger partial charge in [0, 0.05) is 28.9 Å². The summed E-state index contributed by atoms with van der Waals surface area (Å²) in [6.45, 7) is -2.12. The Morgan fingerprint density at radius 2 is 1.60 bits per heavy atom. The van der Waals surface area contributed by atoms with E-state index in [0.29, 0.717) is 21.8 Å². The lowest BCUT2D eigenvalue weighted by atomic mass is 9.67. The second-order valence-corrected chi connectivity index (χ2v) is 8.49. The van der Waals surface area contributed by atoms with Crippen LogP contribution in [0.3, 0.4) is 0 Å². The van der Waals surface area contributed by atoms with Crippen molar-refractivity contribution in [3.05, 3.63) is 76.2 Å². The number of fused-ring (bicyclic) bond motifs is 2. The van der Waals surface area contributed by atoms with Gasteiger partial charge in [-0.25, -0.2) is 0 Å². The molecule has 1 amide bonds. The molecule has 0 unspecified atom stereocenters. The molecule has 3 aliphatic heterocycles. The molecule has 30 heavy (non-hydrogen) atoms. The second kappa shape index (κ2) is 6.45. The number of hydrogen-bond acceptors (Lipinski definition) is 5. The van der Waals surface area contributed by atoms with Gasteiger partial charge in [-0.2, -0.15) is 0 Å². The minimum Gasteiger partial charge on any atom is -0.596 e. The molecule has 0 aromatic heterocycles. The first-order valence-electron chi connectivity index (χ1n) is 9.62. The molecule has 3 heterocycles. The van der Waals surface area contributed by atoms with E-state index >= 15 is 0 Å². The van der Waals surface area contributed by atoms with Crippen molar-refractivity contribution < 1.29 is 28.1 Å². The summed E-state index contributed by atoms with van der Waals surface area (Å²) in [6.07, 6.45) is 0. The summed E-state index contributed by atoms with van der Waals surface area (Å²) in [5.74, 6) is 0.595. The smallest absolute Gasteiger partial charge is 0.596 e. The van der Waals surface area contributed by atoms with E-state index in [4.69, 9.17) is 20.9 Å².